The summed E-state index contributed by atoms with van der Waals surface area (Å²) in [7, 11) is 0. The molecule has 92 valence electrons. The second kappa shape index (κ2) is 4.89. The normalized spacial score (nSPS) is 19.4. The molecule has 0 aromatic heterocycles. The fourth-order valence-electron chi connectivity index (χ4n) is 3.93. The van der Waals surface area contributed by atoms with Crippen molar-refractivity contribution in [2.24, 2.45) is 28.6 Å². The highest BCUT2D eigenvalue weighted by Gasteiger charge is 2.47. The molecule has 0 nitrogen and oxygen atoms in total. The van der Waals surface area contributed by atoms with Gasteiger partial charge in [0.1, 0.15) is 0 Å². The van der Waals surface area contributed by atoms with Crippen molar-refractivity contribution in [1.29, 1.82) is 0 Å². The van der Waals surface area contributed by atoms with Crippen LogP contribution in [0.25, 0.3) is 0 Å². The van der Waals surface area contributed by atoms with E-state index in [2.05, 4.69) is 62.3 Å². The summed E-state index contributed by atoms with van der Waals surface area (Å²) in [4.78, 5) is 0. The van der Waals surface area contributed by atoms with Gasteiger partial charge in [-0.3, -0.25) is 0 Å². The lowest BCUT2D eigenvalue weighted by atomic mass is 9.51. The maximum atomic E-state index is 2.44. The van der Waals surface area contributed by atoms with E-state index in [4.69, 9.17) is 0 Å². The first-order valence-electron chi connectivity index (χ1n) is 6.61. The number of hydrogen-bond donors (Lipinski definition) is 0. The van der Waals surface area contributed by atoms with Crippen molar-refractivity contribution in [1.82, 2.24) is 0 Å². The zero-order valence-electron chi connectivity index (χ0n) is 12.4. The van der Waals surface area contributed by atoms with E-state index in [9.17, 15) is 0 Å². The Kier molecular flexibility index (Phi) is 4.89. The van der Waals surface area contributed by atoms with Crippen LogP contribution < -0.4 is 0 Å². The van der Waals surface area contributed by atoms with E-state index in [1.54, 1.807) is 0 Å². The van der Waals surface area contributed by atoms with Gasteiger partial charge in [-0.1, -0.05) is 62.3 Å². The highest BCUT2D eigenvalue weighted by Crippen LogP contribution is 2.54. The van der Waals surface area contributed by atoms with Gasteiger partial charge in [0, 0.05) is 0 Å². The molecule has 0 N–H and O–H groups in total. The van der Waals surface area contributed by atoms with Gasteiger partial charge >= 0.3 is 0 Å². The number of rotatable bonds is 4. The first-order valence-corrected chi connectivity index (χ1v) is 6.61. The van der Waals surface area contributed by atoms with Gasteiger partial charge in [0.15, 0.2) is 0 Å². The van der Waals surface area contributed by atoms with Crippen LogP contribution in [0.3, 0.4) is 0 Å². The van der Waals surface area contributed by atoms with Crippen molar-refractivity contribution in [2.45, 2.75) is 68.7 Å². The molecule has 15 heavy (non-hydrogen) atoms. The van der Waals surface area contributed by atoms with Crippen LogP contribution >= 0.6 is 0 Å². The van der Waals surface area contributed by atoms with E-state index >= 15 is 0 Å². The van der Waals surface area contributed by atoms with Gasteiger partial charge in [0.05, 0.1) is 0 Å². The lowest BCUT2D eigenvalue weighted by Crippen LogP contribution is -2.46. The van der Waals surface area contributed by atoms with Crippen LogP contribution in [0.4, 0.5) is 0 Å². The van der Waals surface area contributed by atoms with Crippen LogP contribution in [-0.2, 0) is 0 Å². The SMILES string of the molecule is CCC(C(C)C)(C(C)C(C)C)C(C)(C)C. The second-order valence-corrected chi connectivity index (χ2v) is 6.83. The molecule has 2 unspecified atom stereocenters. The van der Waals surface area contributed by atoms with Gasteiger partial charge < -0.3 is 0 Å². The van der Waals surface area contributed by atoms with E-state index in [1.165, 1.54) is 6.42 Å². The van der Waals surface area contributed by atoms with E-state index in [0.29, 0.717) is 10.8 Å². The van der Waals surface area contributed by atoms with E-state index in [1.807, 2.05) is 0 Å². The van der Waals surface area contributed by atoms with Gasteiger partial charge in [-0.15, -0.1) is 0 Å². The molecular weight excluding hydrogens is 180 g/mol. The molecule has 0 amide bonds. The van der Waals surface area contributed by atoms with Gasteiger partial charge in [0.2, 0.25) is 0 Å². The third kappa shape index (κ3) is 2.57. The smallest absolute Gasteiger partial charge is 0.0200 e. The first kappa shape index (κ1) is 15.0. The molecule has 0 radical (unpaired) electrons. The minimum Gasteiger partial charge on any atom is -0.0648 e. The molecular formula is C15H32. The Morgan fingerprint density at radius 2 is 1.27 bits per heavy atom. The fraction of sp³-hybridized carbons (Fsp3) is 1.00. The Morgan fingerprint density at radius 1 is 0.867 bits per heavy atom. The molecule has 0 aliphatic carbocycles. The second-order valence-electron chi connectivity index (χ2n) is 6.83. The molecule has 0 aromatic carbocycles. The number of hydrogen-bond acceptors (Lipinski definition) is 0. The van der Waals surface area contributed by atoms with Crippen molar-refractivity contribution in [2.75, 3.05) is 0 Å². The molecule has 0 spiro atoms. The van der Waals surface area contributed by atoms with Gasteiger partial charge in [-0.25, -0.2) is 0 Å². The summed E-state index contributed by atoms with van der Waals surface area (Å²) in [6, 6.07) is 0. The predicted molar refractivity (Wildman–Crippen MR) is 71.0 cm³/mol. The molecule has 0 saturated heterocycles. The van der Waals surface area contributed by atoms with Crippen molar-refractivity contribution in [3.05, 3.63) is 0 Å². The lowest BCUT2D eigenvalue weighted by Gasteiger charge is -2.53. The Bertz CT molecular complexity index is 183. The summed E-state index contributed by atoms with van der Waals surface area (Å²) in [6.07, 6.45) is 1.29. The summed E-state index contributed by atoms with van der Waals surface area (Å²) >= 11 is 0. The predicted octanol–water partition coefficient (Wildman–Crippen LogP) is 5.38. The van der Waals surface area contributed by atoms with Crippen LogP contribution in [-0.4, -0.2) is 0 Å². The zero-order chi connectivity index (χ0) is 12.4. The van der Waals surface area contributed by atoms with Crippen molar-refractivity contribution in [3.8, 4) is 0 Å². The Balaban J connectivity index is 5.36. The largest absolute Gasteiger partial charge is 0.0648 e. The molecule has 0 rings (SSSR count). The fourth-order valence-corrected chi connectivity index (χ4v) is 3.93. The Morgan fingerprint density at radius 3 is 1.33 bits per heavy atom. The molecule has 0 aliphatic heterocycles. The molecule has 2 atom stereocenters. The van der Waals surface area contributed by atoms with Crippen molar-refractivity contribution in [3.63, 3.8) is 0 Å². The summed E-state index contributed by atoms with van der Waals surface area (Å²) in [5, 5.41) is 0. The summed E-state index contributed by atoms with van der Waals surface area (Å²) in [6.45, 7) is 21.6. The Hall–Kier alpha value is 0. The molecule has 0 heterocycles. The van der Waals surface area contributed by atoms with Crippen LogP contribution in [0.15, 0.2) is 0 Å². The minimum atomic E-state index is 0.388. The standard InChI is InChI=1S/C15H32/c1-10-15(12(4)5,14(7,8)9)13(6)11(2)3/h11-13H,10H2,1-9H3. The van der Waals surface area contributed by atoms with Crippen molar-refractivity contribution >= 4 is 0 Å². The first-order chi connectivity index (χ1) is 6.61. The van der Waals surface area contributed by atoms with Crippen LogP contribution in [0, 0.1) is 28.6 Å². The molecule has 0 aliphatic rings. The van der Waals surface area contributed by atoms with E-state index < -0.39 is 0 Å². The third-order valence-corrected chi connectivity index (χ3v) is 4.82. The van der Waals surface area contributed by atoms with Crippen molar-refractivity contribution < 1.29 is 0 Å². The summed E-state index contributed by atoms with van der Waals surface area (Å²) < 4.78 is 0. The quantitative estimate of drug-likeness (QED) is 0.587. The highest BCUT2D eigenvalue weighted by atomic mass is 14.5. The third-order valence-electron chi connectivity index (χ3n) is 4.82. The van der Waals surface area contributed by atoms with Crippen LogP contribution in [0.1, 0.15) is 68.7 Å². The zero-order valence-corrected chi connectivity index (χ0v) is 12.4. The summed E-state index contributed by atoms with van der Waals surface area (Å²) in [5.41, 5.74) is 0.848. The van der Waals surface area contributed by atoms with E-state index in [-0.39, 0.29) is 0 Å². The molecule has 0 saturated carbocycles. The monoisotopic (exact) mass is 212 g/mol. The van der Waals surface area contributed by atoms with Gasteiger partial charge in [0.25, 0.3) is 0 Å². The van der Waals surface area contributed by atoms with Gasteiger partial charge in [-0.05, 0) is 35.0 Å². The van der Waals surface area contributed by atoms with Gasteiger partial charge in [-0.2, -0.15) is 0 Å². The average Bonchev–Trinajstić information content (AvgIpc) is 2.02. The topological polar surface area (TPSA) is 0 Å². The maximum Gasteiger partial charge on any atom is -0.0200 e. The molecule has 0 aromatic rings. The van der Waals surface area contributed by atoms with Crippen LogP contribution in [0.2, 0.25) is 0 Å². The average molecular weight is 212 g/mol. The highest BCUT2D eigenvalue weighted by molar-refractivity contribution is 4.96. The van der Waals surface area contributed by atoms with Crippen LogP contribution in [0.5, 0.6) is 0 Å². The molecule has 0 heteroatoms. The maximum absolute atomic E-state index is 2.44. The Labute approximate surface area is 97.8 Å². The molecule has 0 fully saturated rings. The minimum absolute atomic E-state index is 0.388. The summed E-state index contributed by atoms with van der Waals surface area (Å²) in [5.74, 6) is 2.30. The molecule has 0 bridgehead atoms. The van der Waals surface area contributed by atoms with E-state index in [0.717, 1.165) is 17.8 Å². The lowest BCUT2D eigenvalue weighted by molar-refractivity contribution is -0.0478.